The van der Waals surface area contributed by atoms with Gasteiger partial charge < -0.3 is 14.5 Å². The summed E-state index contributed by atoms with van der Waals surface area (Å²) in [7, 11) is 3.25. The summed E-state index contributed by atoms with van der Waals surface area (Å²) >= 11 is 0. The Morgan fingerprint density at radius 3 is 2.72 bits per heavy atom. The van der Waals surface area contributed by atoms with E-state index < -0.39 is 11.5 Å². The summed E-state index contributed by atoms with van der Waals surface area (Å²) in [5.41, 5.74) is 1.03. The van der Waals surface area contributed by atoms with Gasteiger partial charge in [0.1, 0.15) is 11.3 Å². The van der Waals surface area contributed by atoms with Crippen molar-refractivity contribution in [3.63, 3.8) is 0 Å². The van der Waals surface area contributed by atoms with Crippen molar-refractivity contribution in [3.8, 4) is 11.8 Å². The molecule has 0 radical (unpaired) electrons. The molecule has 3 rings (SSSR count). The number of methoxy groups -OCH3 is 1. The van der Waals surface area contributed by atoms with Gasteiger partial charge in [-0.2, -0.15) is 5.26 Å². The number of aryl methyl sites for hydroxylation is 1. The number of hydrogen-bond acceptors (Lipinski definition) is 4. The predicted molar refractivity (Wildman–Crippen MR) is 93.2 cm³/mol. The Balaban J connectivity index is 1.80. The third kappa shape index (κ3) is 2.84. The average Bonchev–Trinajstić information content (AvgIpc) is 2.95. The van der Waals surface area contributed by atoms with Crippen molar-refractivity contribution in [2.45, 2.75) is 38.1 Å². The first-order chi connectivity index (χ1) is 11.9. The summed E-state index contributed by atoms with van der Waals surface area (Å²) in [6, 6.07) is 7.94. The quantitative estimate of drug-likeness (QED) is 0.842. The third-order valence-electron chi connectivity index (χ3n) is 5.46. The van der Waals surface area contributed by atoms with Crippen molar-refractivity contribution >= 4 is 17.5 Å². The van der Waals surface area contributed by atoms with Crippen LogP contribution in [0.25, 0.3) is 0 Å². The molecule has 0 spiro atoms. The van der Waals surface area contributed by atoms with Crippen molar-refractivity contribution in [2.75, 3.05) is 25.6 Å². The number of nitriles is 1. The van der Waals surface area contributed by atoms with Crippen LogP contribution in [-0.2, 0) is 9.59 Å². The van der Waals surface area contributed by atoms with E-state index in [-0.39, 0.29) is 18.2 Å². The fraction of sp³-hybridized carbons (Fsp3) is 0.526. The number of carbonyl (C=O) groups is 2. The number of nitrogens with zero attached hydrogens (tertiary/aromatic N) is 3. The van der Waals surface area contributed by atoms with Gasteiger partial charge in [-0.1, -0.05) is 6.07 Å². The van der Waals surface area contributed by atoms with E-state index >= 15 is 0 Å². The Kier molecular flexibility index (Phi) is 4.42. The Bertz CT molecular complexity index is 749. The van der Waals surface area contributed by atoms with Crippen LogP contribution in [0, 0.1) is 24.2 Å². The lowest BCUT2D eigenvalue weighted by molar-refractivity contribution is -0.140. The van der Waals surface area contributed by atoms with Crippen LogP contribution in [0.5, 0.6) is 5.75 Å². The van der Waals surface area contributed by atoms with E-state index in [0.717, 1.165) is 12.0 Å². The third-order valence-corrected chi connectivity index (χ3v) is 5.46. The monoisotopic (exact) mass is 341 g/mol. The molecule has 1 aliphatic heterocycles. The van der Waals surface area contributed by atoms with Crippen LogP contribution in [0.3, 0.4) is 0 Å². The molecule has 1 saturated carbocycles. The van der Waals surface area contributed by atoms with Crippen LogP contribution < -0.4 is 9.64 Å². The van der Waals surface area contributed by atoms with Gasteiger partial charge >= 0.3 is 0 Å². The molecule has 6 heteroatoms. The summed E-state index contributed by atoms with van der Waals surface area (Å²) in [5.74, 6) is -0.0135. The average molecular weight is 341 g/mol. The fourth-order valence-corrected chi connectivity index (χ4v) is 3.64. The molecule has 2 fully saturated rings. The molecule has 1 saturated heterocycles. The van der Waals surface area contributed by atoms with E-state index in [9.17, 15) is 14.9 Å². The highest BCUT2D eigenvalue weighted by molar-refractivity contribution is 6.01. The lowest BCUT2D eigenvalue weighted by Crippen LogP contribution is -2.55. The van der Waals surface area contributed by atoms with E-state index in [1.54, 1.807) is 24.0 Å². The maximum absolute atomic E-state index is 12.9. The molecule has 132 valence electrons. The first-order valence-electron chi connectivity index (χ1n) is 8.56. The van der Waals surface area contributed by atoms with E-state index in [1.807, 2.05) is 25.1 Å². The van der Waals surface area contributed by atoms with Gasteiger partial charge in [-0.3, -0.25) is 9.59 Å². The maximum Gasteiger partial charge on any atom is 0.229 e. The Morgan fingerprint density at radius 2 is 2.16 bits per heavy atom. The minimum Gasteiger partial charge on any atom is -0.495 e. The first kappa shape index (κ1) is 17.3. The van der Waals surface area contributed by atoms with Gasteiger partial charge in [-0.15, -0.1) is 0 Å². The lowest BCUT2D eigenvalue weighted by Gasteiger charge is -2.43. The second-order valence-electron chi connectivity index (χ2n) is 6.97. The molecular weight excluding hydrogens is 318 g/mol. The van der Waals surface area contributed by atoms with Gasteiger partial charge in [0.2, 0.25) is 11.8 Å². The topological polar surface area (TPSA) is 73.6 Å². The normalized spacial score (nSPS) is 21.4. The van der Waals surface area contributed by atoms with Crippen LogP contribution in [0.1, 0.15) is 31.2 Å². The summed E-state index contributed by atoms with van der Waals surface area (Å²) < 4.78 is 5.37. The largest absolute Gasteiger partial charge is 0.495 e. The maximum atomic E-state index is 12.9. The zero-order chi connectivity index (χ0) is 18.2. The highest BCUT2D eigenvalue weighted by atomic mass is 16.5. The van der Waals surface area contributed by atoms with Crippen LogP contribution in [-0.4, -0.2) is 43.0 Å². The molecule has 1 heterocycles. The molecule has 1 unspecified atom stereocenters. The zero-order valence-corrected chi connectivity index (χ0v) is 14.9. The molecule has 1 aromatic rings. The summed E-state index contributed by atoms with van der Waals surface area (Å²) in [6.45, 7) is 2.27. The minimum atomic E-state index is -0.686. The number of anilines is 1. The molecule has 1 aromatic carbocycles. The SMILES string of the molecule is COc1ccc(C)cc1N1CC(C(=O)N(C)C2(C#N)CCC2)CC1=O. The van der Waals surface area contributed by atoms with E-state index in [4.69, 9.17) is 4.74 Å². The summed E-state index contributed by atoms with van der Waals surface area (Å²) in [6.07, 6.45) is 2.55. The molecule has 2 amide bonds. The predicted octanol–water partition coefficient (Wildman–Crippen LogP) is 2.26. The van der Waals surface area contributed by atoms with Crippen molar-refractivity contribution in [1.82, 2.24) is 4.90 Å². The van der Waals surface area contributed by atoms with E-state index in [2.05, 4.69) is 6.07 Å². The Morgan fingerprint density at radius 1 is 1.44 bits per heavy atom. The van der Waals surface area contributed by atoms with Crippen molar-refractivity contribution in [3.05, 3.63) is 23.8 Å². The highest BCUT2D eigenvalue weighted by Crippen LogP contribution is 2.39. The van der Waals surface area contributed by atoms with Crippen LogP contribution in [0.2, 0.25) is 0 Å². The number of amides is 2. The molecule has 0 N–H and O–H groups in total. The number of benzene rings is 1. The van der Waals surface area contributed by atoms with Gasteiger partial charge in [-0.05, 0) is 43.9 Å². The molecule has 25 heavy (non-hydrogen) atoms. The number of carbonyl (C=O) groups excluding carboxylic acids is 2. The van der Waals surface area contributed by atoms with Crippen molar-refractivity contribution in [1.29, 1.82) is 5.26 Å². The fourth-order valence-electron chi connectivity index (χ4n) is 3.64. The van der Waals surface area contributed by atoms with Crippen LogP contribution in [0.4, 0.5) is 5.69 Å². The molecule has 0 aromatic heterocycles. The smallest absolute Gasteiger partial charge is 0.229 e. The van der Waals surface area contributed by atoms with Gasteiger partial charge in [0.25, 0.3) is 0 Å². The second kappa shape index (κ2) is 6.40. The number of rotatable bonds is 4. The summed E-state index contributed by atoms with van der Waals surface area (Å²) in [4.78, 5) is 28.6. The van der Waals surface area contributed by atoms with Gasteiger partial charge in [0, 0.05) is 20.0 Å². The molecular formula is C19H23N3O3. The highest BCUT2D eigenvalue weighted by Gasteiger charge is 2.47. The van der Waals surface area contributed by atoms with E-state index in [0.29, 0.717) is 30.8 Å². The molecule has 6 nitrogen and oxygen atoms in total. The summed E-state index contributed by atoms with van der Waals surface area (Å²) in [5, 5.41) is 9.44. The Hall–Kier alpha value is -2.55. The molecule has 2 aliphatic rings. The molecule has 1 atom stereocenters. The van der Waals surface area contributed by atoms with Gasteiger partial charge in [-0.25, -0.2) is 0 Å². The van der Waals surface area contributed by atoms with Gasteiger partial charge in [0.05, 0.1) is 24.8 Å². The van der Waals surface area contributed by atoms with Crippen molar-refractivity contribution < 1.29 is 14.3 Å². The number of hydrogen-bond donors (Lipinski definition) is 0. The van der Waals surface area contributed by atoms with Gasteiger partial charge in [0.15, 0.2) is 0 Å². The lowest BCUT2D eigenvalue weighted by atomic mass is 9.76. The second-order valence-corrected chi connectivity index (χ2v) is 6.97. The van der Waals surface area contributed by atoms with Crippen LogP contribution >= 0.6 is 0 Å². The molecule has 1 aliphatic carbocycles. The van der Waals surface area contributed by atoms with E-state index in [1.165, 1.54) is 0 Å². The molecule has 0 bridgehead atoms. The number of ether oxygens (including phenoxy) is 1. The Labute approximate surface area is 148 Å². The van der Waals surface area contributed by atoms with Crippen molar-refractivity contribution in [2.24, 2.45) is 5.92 Å². The first-order valence-corrected chi connectivity index (χ1v) is 8.56. The minimum absolute atomic E-state index is 0.0877. The standard InChI is InChI=1S/C19H23N3O3/c1-13-5-6-16(25-3)15(9-13)22-11-14(10-17(22)23)18(24)21(2)19(12-20)7-4-8-19/h5-6,9,14H,4,7-8,10-11H2,1-3H3. The zero-order valence-electron chi connectivity index (χ0n) is 14.9. The van der Waals surface area contributed by atoms with Crippen LogP contribution in [0.15, 0.2) is 18.2 Å².